The molecule has 0 saturated carbocycles. The lowest BCUT2D eigenvalue weighted by Gasteiger charge is -2.21. The maximum Gasteiger partial charge on any atom is 0.416 e. The maximum absolute atomic E-state index is 13.0. The van der Waals surface area contributed by atoms with E-state index in [1.807, 2.05) is 0 Å². The summed E-state index contributed by atoms with van der Waals surface area (Å²) in [5.41, 5.74) is -1.98. The smallest absolute Gasteiger partial charge is 0.326 e. The molecule has 1 unspecified atom stereocenters. The number of benzene rings is 1. The van der Waals surface area contributed by atoms with Gasteiger partial charge in [0.2, 0.25) is 0 Å². The molecule has 1 atom stereocenters. The summed E-state index contributed by atoms with van der Waals surface area (Å²) < 4.78 is 89.4. The number of amides is 1. The van der Waals surface area contributed by atoms with Gasteiger partial charge in [-0.05, 0) is 45.4 Å². The Balaban J connectivity index is 3.13. The molecule has 11 heteroatoms. The molecule has 0 radical (unpaired) electrons. The largest absolute Gasteiger partial charge is 0.416 e. The van der Waals surface area contributed by atoms with Crippen LogP contribution in [0, 0.1) is 0 Å². The lowest BCUT2D eigenvalue weighted by atomic mass is 10.1. The highest BCUT2D eigenvalue weighted by molar-refractivity contribution is 7.87. The third-order valence-corrected chi connectivity index (χ3v) is 4.87. The number of allylic oxidation sites excluding steroid dienone is 1. The molecule has 0 bridgehead atoms. The van der Waals surface area contributed by atoms with Crippen LogP contribution in [0.15, 0.2) is 30.5 Å². The summed E-state index contributed by atoms with van der Waals surface area (Å²) in [5.74, 6) is -0.964. The van der Waals surface area contributed by atoms with Crippen molar-refractivity contribution in [3.63, 3.8) is 0 Å². The molecule has 0 aromatic heterocycles. The number of carbonyl (C=O) groups excluding carboxylic acids is 1. The van der Waals surface area contributed by atoms with Gasteiger partial charge in [-0.3, -0.25) is 4.79 Å². The number of alkyl halides is 6. The molecule has 0 spiro atoms. The van der Waals surface area contributed by atoms with Crippen LogP contribution in [-0.4, -0.2) is 21.0 Å². The summed E-state index contributed by atoms with van der Waals surface area (Å²) in [6, 6.07) is 2.13. The molecule has 0 aliphatic heterocycles. The van der Waals surface area contributed by atoms with E-state index in [0.29, 0.717) is 12.1 Å². The van der Waals surface area contributed by atoms with Crippen molar-refractivity contribution in [2.45, 2.75) is 50.7 Å². The predicted octanol–water partition coefficient (Wildman–Crippen LogP) is 5.17. The van der Waals surface area contributed by atoms with Crippen molar-refractivity contribution < 1.29 is 35.3 Å². The predicted molar refractivity (Wildman–Crippen MR) is 94.9 cm³/mol. The van der Waals surface area contributed by atoms with Crippen molar-refractivity contribution in [3.8, 4) is 0 Å². The normalized spacial score (nSPS) is 13.8. The molecule has 0 fully saturated rings. The first-order valence-corrected chi connectivity index (χ1v) is 9.11. The van der Waals surface area contributed by atoms with Gasteiger partial charge in [0.1, 0.15) is 11.0 Å². The Morgan fingerprint density at radius 1 is 1.11 bits per heavy atom. The van der Waals surface area contributed by atoms with Crippen molar-refractivity contribution in [3.05, 3.63) is 41.6 Å². The van der Waals surface area contributed by atoms with Crippen LogP contribution >= 0.6 is 0 Å². The van der Waals surface area contributed by atoms with Crippen LogP contribution in [0.5, 0.6) is 0 Å². The number of halogens is 6. The van der Waals surface area contributed by atoms with E-state index in [-0.39, 0.29) is 16.9 Å². The molecule has 1 amide bonds. The van der Waals surface area contributed by atoms with Gasteiger partial charge in [0.25, 0.3) is 5.91 Å². The van der Waals surface area contributed by atoms with Gasteiger partial charge < -0.3 is 10.0 Å². The number of hydrogen-bond acceptors (Lipinski definition) is 2. The minimum absolute atomic E-state index is 0.245. The molecule has 0 aliphatic carbocycles. The van der Waals surface area contributed by atoms with Crippen LogP contribution in [0.2, 0.25) is 0 Å². The Kier molecular flexibility index (Phi) is 7.32. The van der Waals surface area contributed by atoms with Crippen LogP contribution in [-0.2, 0) is 17.2 Å². The quantitative estimate of drug-likeness (QED) is 0.612. The second-order valence-electron chi connectivity index (χ2n) is 6.91. The second kappa shape index (κ2) is 8.54. The summed E-state index contributed by atoms with van der Waals surface area (Å²) in [5, 5.41) is 2.13. The highest BCUT2D eigenvalue weighted by atomic mass is 32.2. The van der Waals surface area contributed by atoms with E-state index >= 15 is 0 Å². The van der Waals surface area contributed by atoms with Crippen molar-refractivity contribution in [1.29, 1.82) is 0 Å². The third kappa shape index (κ3) is 7.53. The number of nitrogens with one attached hydrogen (secondary N) is 2. The van der Waals surface area contributed by atoms with E-state index in [4.69, 9.17) is 0 Å². The van der Waals surface area contributed by atoms with E-state index in [1.165, 1.54) is 0 Å². The minimum Gasteiger partial charge on any atom is -0.326 e. The fourth-order valence-electron chi connectivity index (χ4n) is 1.84. The molecular formula is C17H20F6N2O2S. The summed E-state index contributed by atoms with van der Waals surface area (Å²) in [4.78, 5) is 12.3. The topological polar surface area (TPSA) is 58.2 Å². The lowest BCUT2D eigenvalue weighted by Crippen LogP contribution is -2.29. The van der Waals surface area contributed by atoms with Gasteiger partial charge in [-0.2, -0.15) is 26.3 Å². The maximum atomic E-state index is 13.0. The van der Waals surface area contributed by atoms with Gasteiger partial charge in [0.05, 0.1) is 21.6 Å². The molecule has 0 saturated heterocycles. The Morgan fingerprint density at radius 3 is 2.14 bits per heavy atom. The minimum atomic E-state index is -4.70. The van der Waals surface area contributed by atoms with Crippen molar-refractivity contribution in [2.24, 2.45) is 0 Å². The van der Waals surface area contributed by atoms with Crippen LogP contribution in [0.1, 0.15) is 49.5 Å². The Morgan fingerprint density at radius 2 is 1.68 bits per heavy atom. The molecule has 2 N–H and O–H groups in total. The Labute approximate surface area is 161 Å². The molecular weight excluding hydrogens is 410 g/mol. The number of anilines is 1. The summed E-state index contributed by atoms with van der Waals surface area (Å²) in [6.45, 7) is 8.03. The molecule has 0 aliphatic rings. The van der Waals surface area contributed by atoms with Gasteiger partial charge in [-0.25, -0.2) is 4.21 Å². The standard InChI is InChI=1S/C17H20F6N2O2S/c1-10(7-8-16(18,19)20)24-14(26)12-6-5-11(17(21,22)23)9-13(12)25-28(27)15(2,3)4/h5-6,9,25H,1,7-8H2,2-4H3,(H,24,26). The van der Waals surface area contributed by atoms with Gasteiger partial charge in [-0.1, -0.05) is 6.58 Å². The summed E-state index contributed by atoms with van der Waals surface area (Å²) in [7, 11) is -1.85. The van der Waals surface area contributed by atoms with E-state index in [1.54, 1.807) is 20.8 Å². The number of rotatable bonds is 6. The first-order chi connectivity index (χ1) is 12.5. The van der Waals surface area contributed by atoms with Crippen LogP contribution in [0.3, 0.4) is 0 Å². The zero-order valence-electron chi connectivity index (χ0n) is 15.3. The molecule has 1 aromatic rings. The van der Waals surface area contributed by atoms with Crippen LogP contribution in [0.4, 0.5) is 32.0 Å². The first-order valence-electron chi connectivity index (χ1n) is 7.96. The van der Waals surface area contributed by atoms with E-state index < -0.39 is 52.4 Å². The van der Waals surface area contributed by atoms with Crippen LogP contribution < -0.4 is 10.0 Å². The number of hydrogen-bond donors (Lipinski definition) is 2. The van der Waals surface area contributed by atoms with Gasteiger partial charge in [-0.15, -0.1) is 0 Å². The first kappa shape index (κ1) is 24.0. The van der Waals surface area contributed by atoms with Crippen molar-refractivity contribution in [1.82, 2.24) is 5.32 Å². The highest BCUT2D eigenvalue weighted by Gasteiger charge is 2.32. The van der Waals surface area contributed by atoms with Crippen molar-refractivity contribution >= 4 is 22.6 Å². The molecule has 28 heavy (non-hydrogen) atoms. The average Bonchev–Trinajstić information content (AvgIpc) is 2.50. The second-order valence-corrected chi connectivity index (χ2v) is 8.88. The van der Waals surface area contributed by atoms with Gasteiger partial charge in [0, 0.05) is 12.1 Å². The molecule has 1 aromatic carbocycles. The molecule has 1 rings (SSSR count). The van der Waals surface area contributed by atoms with E-state index in [2.05, 4.69) is 16.6 Å². The average molecular weight is 430 g/mol. The molecule has 0 heterocycles. The van der Waals surface area contributed by atoms with Crippen molar-refractivity contribution in [2.75, 3.05) is 4.72 Å². The highest BCUT2D eigenvalue weighted by Crippen LogP contribution is 2.33. The number of carbonyl (C=O) groups is 1. The third-order valence-electron chi connectivity index (χ3n) is 3.35. The fourth-order valence-corrected chi connectivity index (χ4v) is 2.51. The fraction of sp³-hybridized carbons (Fsp3) is 0.471. The lowest BCUT2D eigenvalue weighted by molar-refractivity contribution is -0.137. The Hall–Kier alpha value is -2.04. The van der Waals surface area contributed by atoms with Crippen LogP contribution in [0.25, 0.3) is 0 Å². The summed E-state index contributed by atoms with van der Waals surface area (Å²) in [6.07, 6.45) is -10.9. The molecule has 4 nitrogen and oxygen atoms in total. The monoisotopic (exact) mass is 430 g/mol. The van der Waals surface area contributed by atoms with Gasteiger partial charge in [0.15, 0.2) is 0 Å². The molecule has 158 valence electrons. The van der Waals surface area contributed by atoms with E-state index in [0.717, 1.165) is 6.07 Å². The van der Waals surface area contributed by atoms with E-state index in [9.17, 15) is 35.3 Å². The van der Waals surface area contributed by atoms with Gasteiger partial charge >= 0.3 is 12.4 Å². The zero-order chi connectivity index (χ0) is 21.9. The summed E-state index contributed by atoms with van der Waals surface area (Å²) >= 11 is 0. The SMILES string of the molecule is C=C(CCC(F)(F)F)NC(=O)c1ccc(C(F)(F)F)cc1NS(=O)C(C)(C)C. The Bertz CT molecular complexity index is 766. The zero-order valence-corrected chi connectivity index (χ0v) is 16.2.